The van der Waals surface area contributed by atoms with Gasteiger partial charge >= 0.3 is 0 Å². The minimum Gasteiger partial charge on any atom is -0.338 e. The highest BCUT2D eigenvalue weighted by Gasteiger charge is 2.02. The third-order valence-corrected chi connectivity index (χ3v) is 3.71. The summed E-state index contributed by atoms with van der Waals surface area (Å²) in [6.45, 7) is 0.898. The summed E-state index contributed by atoms with van der Waals surface area (Å²) < 4.78 is 3.31. The van der Waals surface area contributed by atoms with Crippen LogP contribution >= 0.6 is 15.9 Å². The van der Waals surface area contributed by atoms with Crippen molar-refractivity contribution in [1.82, 2.24) is 4.57 Å². The van der Waals surface area contributed by atoms with E-state index in [9.17, 15) is 0 Å². The van der Waals surface area contributed by atoms with E-state index < -0.39 is 0 Å². The second-order valence-electron chi connectivity index (χ2n) is 4.10. The maximum atomic E-state index is 3.55. The number of rotatable bonds is 2. The van der Waals surface area contributed by atoms with Gasteiger partial charge in [-0.05, 0) is 44.4 Å². The van der Waals surface area contributed by atoms with Crippen molar-refractivity contribution >= 4 is 26.7 Å². The summed E-state index contributed by atoms with van der Waals surface area (Å²) in [5.74, 6) is 0. The first-order chi connectivity index (χ1) is 8.34. The van der Waals surface area contributed by atoms with E-state index in [2.05, 4.69) is 81.3 Å². The number of hydrogen-bond acceptors (Lipinski definition) is 0. The summed E-state index contributed by atoms with van der Waals surface area (Å²) in [6.07, 6.45) is 2.09. The summed E-state index contributed by atoms with van der Waals surface area (Å²) in [5, 5.41) is 2.63. The standard InChI is InChI=1S/C15H12BrN/c16-15-9-4-10-17(15)11-13-7-3-6-12-5-1-2-8-14(12)13/h1-10H,11H2. The molecule has 1 aromatic heterocycles. The maximum absolute atomic E-state index is 3.55. The average molecular weight is 286 g/mol. The molecular weight excluding hydrogens is 274 g/mol. The summed E-state index contributed by atoms with van der Waals surface area (Å²) in [6, 6.07) is 19.1. The number of fused-ring (bicyclic) bond motifs is 1. The molecule has 0 radical (unpaired) electrons. The monoisotopic (exact) mass is 285 g/mol. The molecule has 3 rings (SSSR count). The molecule has 0 unspecified atom stereocenters. The van der Waals surface area contributed by atoms with Crippen LogP contribution in [0.25, 0.3) is 10.8 Å². The lowest BCUT2D eigenvalue weighted by atomic mass is 10.0. The van der Waals surface area contributed by atoms with Crippen molar-refractivity contribution < 1.29 is 0 Å². The van der Waals surface area contributed by atoms with E-state index in [4.69, 9.17) is 0 Å². The van der Waals surface area contributed by atoms with Crippen molar-refractivity contribution in [2.24, 2.45) is 0 Å². The van der Waals surface area contributed by atoms with Crippen LogP contribution in [0.5, 0.6) is 0 Å². The number of halogens is 1. The maximum Gasteiger partial charge on any atom is 0.0849 e. The van der Waals surface area contributed by atoms with Crippen molar-refractivity contribution in [3.05, 3.63) is 71.0 Å². The zero-order valence-electron chi connectivity index (χ0n) is 9.31. The SMILES string of the molecule is Brc1cccn1Cc1cccc2ccccc12. The average Bonchev–Trinajstić information content (AvgIpc) is 2.76. The first-order valence-corrected chi connectivity index (χ1v) is 6.41. The van der Waals surface area contributed by atoms with Crippen molar-refractivity contribution in [3.8, 4) is 0 Å². The quantitative estimate of drug-likeness (QED) is 0.656. The molecule has 0 fully saturated rings. The van der Waals surface area contributed by atoms with E-state index in [1.54, 1.807) is 0 Å². The number of nitrogens with zero attached hydrogens (tertiary/aromatic N) is 1. The molecule has 2 aromatic carbocycles. The van der Waals surface area contributed by atoms with Gasteiger partial charge in [0.2, 0.25) is 0 Å². The Kier molecular flexibility index (Phi) is 2.73. The highest BCUT2D eigenvalue weighted by Crippen LogP contribution is 2.21. The number of aromatic nitrogens is 1. The van der Waals surface area contributed by atoms with E-state index >= 15 is 0 Å². The lowest BCUT2D eigenvalue weighted by Gasteiger charge is -2.08. The summed E-state index contributed by atoms with van der Waals surface area (Å²) in [7, 11) is 0. The Balaban J connectivity index is 2.09. The summed E-state index contributed by atoms with van der Waals surface area (Å²) in [4.78, 5) is 0. The van der Waals surface area contributed by atoms with E-state index in [0.29, 0.717) is 0 Å². The van der Waals surface area contributed by atoms with Gasteiger partial charge in [0.1, 0.15) is 0 Å². The van der Waals surface area contributed by atoms with Gasteiger partial charge < -0.3 is 4.57 Å². The fraction of sp³-hybridized carbons (Fsp3) is 0.0667. The molecule has 0 aliphatic rings. The molecule has 0 saturated carbocycles. The van der Waals surface area contributed by atoms with Gasteiger partial charge in [0.05, 0.1) is 4.60 Å². The molecule has 1 nitrogen and oxygen atoms in total. The minimum atomic E-state index is 0.898. The molecular formula is C15H12BrN. The van der Waals surface area contributed by atoms with E-state index in [1.165, 1.54) is 16.3 Å². The van der Waals surface area contributed by atoms with Crippen LogP contribution in [-0.4, -0.2) is 4.57 Å². The van der Waals surface area contributed by atoms with Crippen LogP contribution in [0.2, 0.25) is 0 Å². The van der Waals surface area contributed by atoms with Crippen molar-refractivity contribution in [2.75, 3.05) is 0 Å². The van der Waals surface area contributed by atoms with E-state index in [0.717, 1.165) is 11.1 Å². The second-order valence-corrected chi connectivity index (χ2v) is 4.91. The van der Waals surface area contributed by atoms with Crippen molar-refractivity contribution in [3.63, 3.8) is 0 Å². The minimum absolute atomic E-state index is 0.898. The van der Waals surface area contributed by atoms with E-state index in [1.807, 2.05) is 0 Å². The first-order valence-electron chi connectivity index (χ1n) is 5.62. The molecule has 17 heavy (non-hydrogen) atoms. The Labute approximate surface area is 109 Å². The fourth-order valence-corrected chi connectivity index (χ4v) is 2.53. The largest absolute Gasteiger partial charge is 0.338 e. The third kappa shape index (κ3) is 2.01. The molecule has 0 spiro atoms. The van der Waals surface area contributed by atoms with Crippen molar-refractivity contribution in [2.45, 2.75) is 6.54 Å². The number of hydrogen-bond donors (Lipinski definition) is 0. The Morgan fingerprint density at radius 2 is 1.71 bits per heavy atom. The van der Waals surface area contributed by atoms with Gasteiger partial charge in [0, 0.05) is 12.7 Å². The van der Waals surface area contributed by atoms with Crippen LogP contribution < -0.4 is 0 Å². The Morgan fingerprint density at radius 1 is 0.882 bits per heavy atom. The van der Waals surface area contributed by atoms with Gasteiger partial charge in [0.25, 0.3) is 0 Å². The number of benzene rings is 2. The van der Waals surface area contributed by atoms with Gasteiger partial charge in [-0.3, -0.25) is 0 Å². The fourth-order valence-electron chi connectivity index (χ4n) is 2.14. The molecule has 3 aromatic rings. The lowest BCUT2D eigenvalue weighted by Crippen LogP contribution is -1.98. The lowest BCUT2D eigenvalue weighted by molar-refractivity contribution is 0.792. The van der Waals surface area contributed by atoms with Crippen LogP contribution in [0.15, 0.2) is 65.4 Å². The van der Waals surface area contributed by atoms with Gasteiger partial charge in [-0.15, -0.1) is 0 Å². The molecule has 0 amide bonds. The van der Waals surface area contributed by atoms with E-state index in [-0.39, 0.29) is 0 Å². The predicted molar refractivity (Wildman–Crippen MR) is 75.2 cm³/mol. The second kappa shape index (κ2) is 4.38. The van der Waals surface area contributed by atoms with Gasteiger partial charge in [-0.1, -0.05) is 42.5 Å². The third-order valence-electron chi connectivity index (χ3n) is 2.99. The Bertz CT molecular complexity index is 649. The molecule has 0 N–H and O–H groups in total. The zero-order chi connectivity index (χ0) is 11.7. The molecule has 0 aliphatic heterocycles. The van der Waals surface area contributed by atoms with Gasteiger partial charge in [0.15, 0.2) is 0 Å². The predicted octanol–water partition coefficient (Wildman–Crippen LogP) is 4.45. The molecule has 0 atom stereocenters. The zero-order valence-corrected chi connectivity index (χ0v) is 10.9. The first kappa shape index (κ1) is 10.6. The molecule has 1 heterocycles. The van der Waals surface area contributed by atoms with Gasteiger partial charge in [-0.2, -0.15) is 0 Å². The molecule has 0 aliphatic carbocycles. The summed E-state index contributed by atoms with van der Waals surface area (Å²) >= 11 is 3.55. The van der Waals surface area contributed by atoms with Crippen LogP contribution in [-0.2, 0) is 6.54 Å². The molecule has 0 bridgehead atoms. The molecule has 2 heteroatoms. The highest BCUT2D eigenvalue weighted by atomic mass is 79.9. The Morgan fingerprint density at radius 3 is 2.53 bits per heavy atom. The summed E-state index contributed by atoms with van der Waals surface area (Å²) in [5.41, 5.74) is 1.35. The molecule has 0 saturated heterocycles. The van der Waals surface area contributed by atoms with Gasteiger partial charge in [-0.25, -0.2) is 0 Å². The topological polar surface area (TPSA) is 4.93 Å². The Hall–Kier alpha value is -1.54. The van der Waals surface area contributed by atoms with Crippen LogP contribution in [0.3, 0.4) is 0 Å². The normalized spacial score (nSPS) is 10.9. The molecule has 84 valence electrons. The smallest absolute Gasteiger partial charge is 0.0849 e. The van der Waals surface area contributed by atoms with Crippen LogP contribution in [0.1, 0.15) is 5.56 Å². The van der Waals surface area contributed by atoms with Crippen LogP contribution in [0.4, 0.5) is 0 Å². The van der Waals surface area contributed by atoms with Crippen molar-refractivity contribution in [1.29, 1.82) is 0 Å². The highest BCUT2D eigenvalue weighted by molar-refractivity contribution is 9.10. The van der Waals surface area contributed by atoms with Crippen LogP contribution in [0, 0.1) is 0 Å².